The van der Waals surface area contributed by atoms with Crippen LogP contribution < -0.4 is 10.5 Å². The van der Waals surface area contributed by atoms with Gasteiger partial charge in [0.2, 0.25) is 0 Å². The first-order chi connectivity index (χ1) is 13.2. The van der Waals surface area contributed by atoms with Crippen LogP contribution in [0.2, 0.25) is 0 Å². The Hall–Kier alpha value is -3.22. The van der Waals surface area contributed by atoms with Gasteiger partial charge in [0.25, 0.3) is 0 Å². The molecule has 6 nitrogen and oxygen atoms in total. The maximum atomic E-state index is 10.0. The van der Waals surface area contributed by atoms with Crippen LogP contribution in [0.5, 0.6) is 5.75 Å². The summed E-state index contributed by atoms with van der Waals surface area (Å²) in [6, 6.07) is 17.5. The summed E-state index contributed by atoms with van der Waals surface area (Å²) >= 11 is 0. The number of fused-ring (bicyclic) bond motifs is 1. The molecule has 6 heteroatoms. The summed E-state index contributed by atoms with van der Waals surface area (Å²) < 4.78 is 5.47. The van der Waals surface area contributed by atoms with Crippen molar-refractivity contribution in [2.45, 2.75) is 6.10 Å². The van der Waals surface area contributed by atoms with Crippen LogP contribution in [0.1, 0.15) is 11.7 Å². The Kier molecular flexibility index (Phi) is 4.58. The molecule has 2 aromatic heterocycles. The maximum Gasteiger partial charge on any atom is 0.155 e. The Bertz CT molecular complexity index is 1090. The number of rotatable bonds is 5. The first-order valence-corrected chi connectivity index (χ1v) is 8.67. The summed E-state index contributed by atoms with van der Waals surface area (Å²) in [5.41, 5.74) is 10.7. The van der Waals surface area contributed by atoms with Gasteiger partial charge in [-0.1, -0.05) is 30.3 Å². The molecule has 0 fully saturated rings. The highest BCUT2D eigenvalue weighted by molar-refractivity contribution is 5.94. The number of nitrogens with two attached hydrogens (primary N) is 1. The molecule has 27 heavy (non-hydrogen) atoms. The fourth-order valence-electron chi connectivity index (χ4n) is 3.17. The number of H-pyrrole nitrogens is 1. The van der Waals surface area contributed by atoms with Crippen LogP contribution in [0, 0.1) is 0 Å². The fourth-order valence-corrected chi connectivity index (χ4v) is 3.17. The largest absolute Gasteiger partial charge is 0.496 e. The minimum atomic E-state index is -0.681. The quantitative estimate of drug-likeness (QED) is 0.507. The number of benzene rings is 2. The van der Waals surface area contributed by atoms with Crippen LogP contribution in [-0.4, -0.2) is 33.9 Å². The summed E-state index contributed by atoms with van der Waals surface area (Å²) in [6.45, 7) is 0.181. The van der Waals surface area contributed by atoms with E-state index in [9.17, 15) is 5.11 Å². The van der Waals surface area contributed by atoms with Gasteiger partial charge in [0.15, 0.2) is 5.65 Å². The average molecular weight is 360 g/mol. The van der Waals surface area contributed by atoms with E-state index >= 15 is 0 Å². The normalized spacial score (nSPS) is 12.3. The molecule has 0 aliphatic carbocycles. The van der Waals surface area contributed by atoms with Crippen molar-refractivity contribution in [2.75, 3.05) is 13.7 Å². The van der Waals surface area contributed by atoms with Gasteiger partial charge in [0.1, 0.15) is 11.4 Å². The lowest BCUT2D eigenvalue weighted by Gasteiger charge is -2.10. The molecule has 1 unspecified atom stereocenters. The van der Waals surface area contributed by atoms with Crippen LogP contribution in [0.25, 0.3) is 33.4 Å². The van der Waals surface area contributed by atoms with Gasteiger partial charge in [-0.25, -0.2) is 4.98 Å². The number of para-hydroxylation sites is 1. The Balaban J connectivity index is 1.84. The van der Waals surface area contributed by atoms with Crippen molar-refractivity contribution < 1.29 is 9.84 Å². The van der Waals surface area contributed by atoms with E-state index in [-0.39, 0.29) is 6.54 Å². The van der Waals surface area contributed by atoms with Crippen LogP contribution in [-0.2, 0) is 0 Å². The van der Waals surface area contributed by atoms with Gasteiger partial charge in [-0.05, 0) is 35.4 Å². The second-order valence-electron chi connectivity index (χ2n) is 6.27. The Labute approximate surface area is 156 Å². The molecule has 0 radical (unpaired) electrons. The van der Waals surface area contributed by atoms with Crippen molar-refractivity contribution in [3.8, 4) is 28.1 Å². The third kappa shape index (κ3) is 3.16. The van der Waals surface area contributed by atoms with E-state index < -0.39 is 6.10 Å². The lowest BCUT2D eigenvalue weighted by Crippen LogP contribution is -2.11. The van der Waals surface area contributed by atoms with Crippen LogP contribution in [0.3, 0.4) is 0 Å². The number of pyridine rings is 1. The first-order valence-electron chi connectivity index (χ1n) is 8.67. The van der Waals surface area contributed by atoms with Crippen molar-refractivity contribution in [1.29, 1.82) is 0 Å². The van der Waals surface area contributed by atoms with Gasteiger partial charge < -0.3 is 15.6 Å². The van der Waals surface area contributed by atoms with E-state index in [0.29, 0.717) is 5.65 Å². The summed E-state index contributed by atoms with van der Waals surface area (Å²) in [5, 5.41) is 18.4. The lowest BCUT2D eigenvalue weighted by atomic mass is 10.00. The van der Waals surface area contributed by atoms with Gasteiger partial charge in [0, 0.05) is 29.3 Å². The molecule has 4 N–H and O–H groups in total. The van der Waals surface area contributed by atoms with Gasteiger partial charge in [-0.15, -0.1) is 0 Å². The van der Waals surface area contributed by atoms with Crippen molar-refractivity contribution in [3.05, 3.63) is 66.4 Å². The second kappa shape index (κ2) is 7.19. The summed E-state index contributed by atoms with van der Waals surface area (Å²) in [5.74, 6) is 0.754. The number of aliphatic hydroxyl groups excluding tert-OH is 1. The number of aliphatic hydroxyl groups is 1. The molecule has 136 valence electrons. The molecule has 0 saturated heterocycles. The number of aromatic amines is 1. The Morgan fingerprint density at radius 3 is 2.78 bits per heavy atom. The van der Waals surface area contributed by atoms with Crippen LogP contribution >= 0.6 is 0 Å². The smallest absolute Gasteiger partial charge is 0.155 e. The topological polar surface area (TPSA) is 97.0 Å². The Morgan fingerprint density at radius 1 is 1.11 bits per heavy atom. The molecule has 4 rings (SSSR count). The summed E-state index contributed by atoms with van der Waals surface area (Å²) in [7, 11) is 1.64. The highest BCUT2D eigenvalue weighted by Gasteiger charge is 2.14. The molecule has 0 aliphatic heterocycles. The summed E-state index contributed by atoms with van der Waals surface area (Å²) in [4.78, 5) is 4.51. The van der Waals surface area contributed by atoms with Gasteiger partial charge in [-0.2, -0.15) is 5.10 Å². The van der Waals surface area contributed by atoms with E-state index in [1.54, 1.807) is 13.3 Å². The van der Waals surface area contributed by atoms with Crippen molar-refractivity contribution in [2.24, 2.45) is 5.73 Å². The first kappa shape index (κ1) is 17.2. The zero-order valence-electron chi connectivity index (χ0n) is 14.9. The second-order valence-corrected chi connectivity index (χ2v) is 6.27. The number of aromatic nitrogens is 3. The molecule has 0 saturated carbocycles. The predicted octanol–water partition coefficient (Wildman–Crippen LogP) is 3.29. The SMILES string of the molecule is COc1ccccc1-c1n[nH]c2ncc(-c3cccc(C(O)CN)c3)cc12. The number of nitrogens with zero attached hydrogens (tertiary/aromatic N) is 2. The van der Waals surface area contributed by atoms with E-state index in [1.807, 2.05) is 54.6 Å². The molecular weight excluding hydrogens is 340 g/mol. The number of hydrogen-bond donors (Lipinski definition) is 3. The number of hydrogen-bond acceptors (Lipinski definition) is 5. The van der Waals surface area contributed by atoms with E-state index in [0.717, 1.165) is 39.1 Å². The van der Waals surface area contributed by atoms with Crippen molar-refractivity contribution in [3.63, 3.8) is 0 Å². The monoisotopic (exact) mass is 360 g/mol. The van der Waals surface area contributed by atoms with E-state index in [4.69, 9.17) is 10.5 Å². The van der Waals surface area contributed by atoms with Crippen molar-refractivity contribution in [1.82, 2.24) is 15.2 Å². The molecule has 0 amide bonds. The zero-order valence-corrected chi connectivity index (χ0v) is 14.9. The Morgan fingerprint density at radius 2 is 1.96 bits per heavy atom. The molecular formula is C21H20N4O2. The lowest BCUT2D eigenvalue weighted by molar-refractivity contribution is 0.187. The number of methoxy groups -OCH3 is 1. The third-order valence-electron chi connectivity index (χ3n) is 4.61. The van der Waals surface area contributed by atoms with Gasteiger partial charge in [0.05, 0.1) is 13.2 Å². The van der Waals surface area contributed by atoms with E-state index in [2.05, 4.69) is 15.2 Å². The highest BCUT2D eigenvalue weighted by Crippen LogP contribution is 2.34. The zero-order chi connectivity index (χ0) is 18.8. The van der Waals surface area contributed by atoms with Gasteiger partial charge >= 0.3 is 0 Å². The van der Waals surface area contributed by atoms with Gasteiger partial charge in [-0.3, -0.25) is 5.10 Å². The maximum absolute atomic E-state index is 10.0. The molecule has 1 atom stereocenters. The summed E-state index contributed by atoms with van der Waals surface area (Å²) in [6.07, 6.45) is 1.11. The molecule has 2 heterocycles. The van der Waals surface area contributed by atoms with E-state index in [1.165, 1.54) is 0 Å². The van der Waals surface area contributed by atoms with Crippen LogP contribution in [0.4, 0.5) is 0 Å². The van der Waals surface area contributed by atoms with Crippen molar-refractivity contribution >= 4 is 11.0 Å². The van der Waals surface area contributed by atoms with Crippen LogP contribution in [0.15, 0.2) is 60.8 Å². The minimum Gasteiger partial charge on any atom is -0.496 e. The predicted molar refractivity (Wildman–Crippen MR) is 105 cm³/mol. The average Bonchev–Trinajstić information content (AvgIpc) is 3.16. The molecule has 2 aromatic carbocycles. The highest BCUT2D eigenvalue weighted by atomic mass is 16.5. The molecule has 0 aliphatic rings. The number of nitrogens with one attached hydrogen (secondary N) is 1. The minimum absolute atomic E-state index is 0.181. The number of ether oxygens (including phenoxy) is 1. The molecule has 0 bridgehead atoms. The molecule has 4 aromatic rings. The molecule has 0 spiro atoms. The third-order valence-corrected chi connectivity index (χ3v) is 4.61. The fraction of sp³-hybridized carbons (Fsp3) is 0.143. The standard InChI is InChI=1S/C21H20N4O2/c1-27-19-8-3-2-7-16(19)20-17-10-15(12-23-21(17)25-24-20)13-5-4-6-14(9-13)18(26)11-22/h2-10,12,18,26H,11,22H2,1H3,(H,23,24,25).